The molecule has 30 heavy (non-hydrogen) atoms. The molecule has 4 N–H and O–H groups in total. The summed E-state index contributed by atoms with van der Waals surface area (Å²) in [6.07, 6.45) is 0.460. The zero-order chi connectivity index (χ0) is 22.8. The summed E-state index contributed by atoms with van der Waals surface area (Å²) in [6.45, 7) is 0.411. The molecular weight excluding hydrogens is 390 g/mol. The van der Waals surface area contributed by atoms with E-state index < -0.39 is 23.3 Å². The molecule has 0 aliphatic carbocycles. The summed E-state index contributed by atoms with van der Waals surface area (Å²) in [7, 11) is 1.18. The van der Waals surface area contributed by atoms with Crippen LogP contribution in [0.15, 0.2) is 60.7 Å². The number of benzene rings is 2. The van der Waals surface area contributed by atoms with E-state index in [-0.39, 0.29) is 19.6 Å². The smallest absolute Gasteiger partial charge is 0.379 e. The Kier molecular flexibility index (Phi) is 14.9. The maximum Gasteiger partial charge on any atom is 0.379 e. The SMILES string of the molecule is COC(=O)C(=O)c1ccccc1.NCCO.O=C(CCCO)C(=O)c1ccccc1. The van der Waals surface area contributed by atoms with Gasteiger partial charge in [-0.05, 0) is 6.42 Å². The quantitative estimate of drug-likeness (QED) is 0.330. The fraction of sp³-hybridized carbons (Fsp3) is 0.273. The summed E-state index contributed by atoms with van der Waals surface area (Å²) < 4.78 is 4.28. The van der Waals surface area contributed by atoms with Crippen LogP contribution in [0.4, 0.5) is 0 Å². The predicted molar refractivity (Wildman–Crippen MR) is 111 cm³/mol. The van der Waals surface area contributed by atoms with Gasteiger partial charge < -0.3 is 20.7 Å². The minimum Gasteiger partial charge on any atom is -0.463 e. The Balaban J connectivity index is 0.000000481. The molecule has 0 fully saturated rings. The van der Waals surface area contributed by atoms with Crippen molar-refractivity contribution in [3.63, 3.8) is 0 Å². The van der Waals surface area contributed by atoms with Crippen molar-refractivity contribution in [2.24, 2.45) is 5.73 Å². The molecule has 0 bridgehead atoms. The highest BCUT2D eigenvalue weighted by Crippen LogP contribution is 2.03. The van der Waals surface area contributed by atoms with E-state index in [1.807, 2.05) is 0 Å². The molecule has 0 atom stereocenters. The van der Waals surface area contributed by atoms with E-state index in [0.717, 1.165) is 0 Å². The van der Waals surface area contributed by atoms with Crippen molar-refractivity contribution in [1.82, 2.24) is 0 Å². The van der Waals surface area contributed by atoms with Crippen LogP contribution >= 0.6 is 0 Å². The second-order valence-corrected chi connectivity index (χ2v) is 5.64. The van der Waals surface area contributed by atoms with Crippen molar-refractivity contribution in [3.8, 4) is 0 Å². The fourth-order valence-electron chi connectivity index (χ4n) is 1.90. The van der Waals surface area contributed by atoms with Crippen LogP contribution in [-0.4, -0.2) is 60.4 Å². The van der Waals surface area contributed by atoms with Gasteiger partial charge in [0.05, 0.1) is 13.7 Å². The van der Waals surface area contributed by atoms with Crippen molar-refractivity contribution >= 4 is 23.3 Å². The van der Waals surface area contributed by atoms with Crippen molar-refractivity contribution in [2.45, 2.75) is 12.8 Å². The Labute approximate surface area is 175 Å². The van der Waals surface area contributed by atoms with E-state index in [2.05, 4.69) is 4.74 Å². The van der Waals surface area contributed by atoms with Crippen LogP contribution in [0.3, 0.4) is 0 Å². The van der Waals surface area contributed by atoms with Crippen LogP contribution < -0.4 is 5.73 Å². The standard InChI is InChI=1S/C11H12O3.C9H8O3.C2H7NO/c12-8-4-7-10(13)11(14)9-5-2-1-3-6-9;1-12-9(11)8(10)7-5-3-2-4-6-7;3-1-2-4/h1-3,5-6,12H,4,7-8H2;2-6H,1H3;4H,1-3H2. The molecule has 0 spiro atoms. The number of carbonyl (C=O) groups excluding carboxylic acids is 4. The highest BCUT2D eigenvalue weighted by molar-refractivity contribution is 6.43. The first-order valence-corrected chi connectivity index (χ1v) is 9.14. The monoisotopic (exact) mass is 417 g/mol. The Hall–Kier alpha value is -3.20. The molecule has 2 aromatic carbocycles. The van der Waals surface area contributed by atoms with Gasteiger partial charge in [-0.2, -0.15) is 0 Å². The normalized spacial score (nSPS) is 9.20. The zero-order valence-corrected chi connectivity index (χ0v) is 16.8. The van der Waals surface area contributed by atoms with Crippen LogP contribution in [0, 0.1) is 0 Å². The molecule has 8 nitrogen and oxygen atoms in total. The van der Waals surface area contributed by atoms with Crippen LogP contribution in [0.5, 0.6) is 0 Å². The molecule has 8 heteroatoms. The first-order chi connectivity index (χ1) is 14.4. The number of aliphatic hydroxyl groups excluding tert-OH is 2. The van der Waals surface area contributed by atoms with E-state index in [4.69, 9.17) is 15.9 Å². The van der Waals surface area contributed by atoms with Gasteiger partial charge in [0.1, 0.15) is 0 Å². The molecule has 2 aromatic rings. The minimum atomic E-state index is -0.832. The summed E-state index contributed by atoms with van der Waals surface area (Å²) in [6, 6.07) is 16.7. The maximum atomic E-state index is 11.4. The van der Waals surface area contributed by atoms with Gasteiger partial charge in [-0.25, -0.2) is 4.79 Å². The van der Waals surface area contributed by atoms with Gasteiger partial charge in [-0.1, -0.05) is 60.7 Å². The summed E-state index contributed by atoms with van der Waals surface area (Å²) in [5.41, 5.74) is 5.54. The van der Waals surface area contributed by atoms with E-state index in [9.17, 15) is 19.2 Å². The lowest BCUT2D eigenvalue weighted by Gasteiger charge is -1.98. The van der Waals surface area contributed by atoms with E-state index in [1.54, 1.807) is 60.7 Å². The van der Waals surface area contributed by atoms with Gasteiger partial charge >= 0.3 is 5.97 Å². The van der Waals surface area contributed by atoms with Crippen molar-refractivity contribution in [2.75, 3.05) is 26.9 Å². The van der Waals surface area contributed by atoms with Gasteiger partial charge in [0.15, 0.2) is 0 Å². The molecule has 0 radical (unpaired) electrons. The topological polar surface area (TPSA) is 144 Å². The van der Waals surface area contributed by atoms with Crippen LogP contribution in [0.2, 0.25) is 0 Å². The number of Topliss-reactive ketones (excluding diaryl/α,β-unsaturated/α-hetero) is 3. The van der Waals surface area contributed by atoms with Gasteiger partial charge in [0.2, 0.25) is 11.6 Å². The fourth-order valence-corrected chi connectivity index (χ4v) is 1.90. The average Bonchev–Trinajstić information content (AvgIpc) is 2.82. The Morgan fingerprint density at radius 3 is 1.60 bits per heavy atom. The number of ether oxygens (including phenoxy) is 1. The molecular formula is C22H27NO7. The minimum absolute atomic E-state index is 0.0617. The summed E-state index contributed by atoms with van der Waals surface area (Å²) in [4.78, 5) is 44.5. The van der Waals surface area contributed by atoms with Gasteiger partial charge in [-0.15, -0.1) is 0 Å². The highest BCUT2D eigenvalue weighted by Gasteiger charge is 2.15. The molecule has 0 heterocycles. The van der Waals surface area contributed by atoms with Crippen LogP contribution in [0.25, 0.3) is 0 Å². The summed E-state index contributed by atoms with van der Waals surface area (Å²) >= 11 is 0. The second kappa shape index (κ2) is 16.7. The first-order valence-electron chi connectivity index (χ1n) is 9.14. The zero-order valence-electron chi connectivity index (χ0n) is 16.8. The summed E-state index contributed by atoms with van der Waals surface area (Å²) in [5, 5.41) is 16.3. The number of rotatable bonds is 8. The van der Waals surface area contributed by atoms with E-state index >= 15 is 0 Å². The number of nitrogens with two attached hydrogens (primary N) is 1. The Morgan fingerprint density at radius 1 is 0.800 bits per heavy atom. The number of hydrogen-bond donors (Lipinski definition) is 3. The lowest BCUT2D eigenvalue weighted by atomic mass is 10.0. The average molecular weight is 417 g/mol. The molecule has 0 amide bonds. The maximum absolute atomic E-state index is 11.4. The Morgan fingerprint density at radius 2 is 1.23 bits per heavy atom. The molecule has 0 saturated carbocycles. The summed E-state index contributed by atoms with van der Waals surface area (Å²) in [5.74, 6) is -2.36. The number of hydrogen-bond acceptors (Lipinski definition) is 8. The lowest BCUT2D eigenvalue weighted by Crippen LogP contribution is -2.15. The first kappa shape index (κ1) is 26.8. The number of ketones is 3. The van der Waals surface area contributed by atoms with Gasteiger partial charge in [-0.3, -0.25) is 14.4 Å². The second-order valence-electron chi connectivity index (χ2n) is 5.64. The largest absolute Gasteiger partial charge is 0.463 e. The van der Waals surface area contributed by atoms with Gasteiger partial charge in [0.25, 0.3) is 5.78 Å². The van der Waals surface area contributed by atoms with Crippen molar-refractivity contribution in [1.29, 1.82) is 0 Å². The molecule has 0 saturated heterocycles. The lowest BCUT2D eigenvalue weighted by molar-refractivity contribution is -0.135. The van der Waals surface area contributed by atoms with Crippen LogP contribution in [0.1, 0.15) is 33.6 Å². The molecule has 162 valence electrons. The third kappa shape index (κ3) is 11.0. The highest BCUT2D eigenvalue weighted by atomic mass is 16.5. The van der Waals surface area contributed by atoms with E-state index in [1.165, 1.54) is 7.11 Å². The van der Waals surface area contributed by atoms with Crippen molar-refractivity contribution < 1.29 is 34.1 Å². The molecule has 0 aliphatic heterocycles. The predicted octanol–water partition coefficient (Wildman–Crippen LogP) is 1.19. The number of esters is 1. The van der Waals surface area contributed by atoms with Crippen molar-refractivity contribution in [3.05, 3.63) is 71.8 Å². The number of methoxy groups -OCH3 is 1. The van der Waals surface area contributed by atoms with E-state index in [0.29, 0.717) is 24.1 Å². The third-order valence-electron chi connectivity index (χ3n) is 3.39. The van der Waals surface area contributed by atoms with Crippen LogP contribution in [-0.2, 0) is 14.3 Å². The third-order valence-corrected chi connectivity index (χ3v) is 3.39. The molecule has 0 aliphatic rings. The number of aliphatic hydroxyl groups is 2. The number of carbonyl (C=O) groups is 4. The van der Waals surface area contributed by atoms with Gasteiger partial charge in [0, 0.05) is 30.7 Å². The molecule has 0 unspecified atom stereocenters. The Bertz CT molecular complexity index is 775. The molecule has 0 aromatic heterocycles. The molecule has 2 rings (SSSR count).